The van der Waals surface area contributed by atoms with Crippen LogP contribution in [0, 0.1) is 18.3 Å². The topological polar surface area (TPSA) is 44.0 Å². The number of aryl methyl sites for hydroxylation is 1. The largest absolute Gasteiger partial charge is 0.381 e. The SMILES string of the molecule is Cc1ccccc1C(C)(O)c1cccc(C#N)c1. The van der Waals surface area contributed by atoms with Gasteiger partial charge in [-0.2, -0.15) is 5.26 Å². The highest BCUT2D eigenvalue weighted by Gasteiger charge is 2.27. The standard InChI is InChI=1S/C16H15NO/c1-12-6-3-4-9-15(12)16(2,18)14-8-5-7-13(10-14)11-17/h3-10,18H,1-2H3. The number of aliphatic hydroxyl groups is 1. The number of hydrogen-bond donors (Lipinski definition) is 1. The molecule has 0 heterocycles. The molecule has 0 radical (unpaired) electrons. The van der Waals surface area contributed by atoms with Crippen LogP contribution in [0.2, 0.25) is 0 Å². The maximum absolute atomic E-state index is 10.7. The predicted octanol–water partition coefficient (Wildman–Crippen LogP) is 3.12. The van der Waals surface area contributed by atoms with E-state index in [0.29, 0.717) is 5.56 Å². The fourth-order valence-electron chi connectivity index (χ4n) is 2.17. The second kappa shape index (κ2) is 4.64. The van der Waals surface area contributed by atoms with Crippen molar-refractivity contribution in [2.45, 2.75) is 19.4 Å². The Morgan fingerprint density at radius 2 is 1.83 bits per heavy atom. The van der Waals surface area contributed by atoms with Crippen LogP contribution in [0.1, 0.15) is 29.2 Å². The molecule has 0 aliphatic carbocycles. The summed E-state index contributed by atoms with van der Waals surface area (Å²) in [6.45, 7) is 3.73. The monoisotopic (exact) mass is 237 g/mol. The summed E-state index contributed by atoms with van der Waals surface area (Å²) in [5.74, 6) is 0. The molecule has 0 saturated heterocycles. The lowest BCUT2D eigenvalue weighted by Crippen LogP contribution is -2.24. The van der Waals surface area contributed by atoms with Gasteiger partial charge >= 0.3 is 0 Å². The lowest BCUT2D eigenvalue weighted by atomic mass is 9.85. The van der Waals surface area contributed by atoms with Crippen LogP contribution in [0.15, 0.2) is 48.5 Å². The van der Waals surface area contributed by atoms with Crippen molar-refractivity contribution < 1.29 is 5.11 Å². The summed E-state index contributed by atoms with van der Waals surface area (Å²) in [5, 5.41) is 19.7. The fraction of sp³-hybridized carbons (Fsp3) is 0.188. The molecule has 2 aromatic carbocycles. The van der Waals surface area contributed by atoms with Crippen molar-refractivity contribution in [3.05, 3.63) is 70.8 Å². The Morgan fingerprint density at radius 3 is 2.50 bits per heavy atom. The zero-order valence-electron chi connectivity index (χ0n) is 10.5. The summed E-state index contributed by atoms with van der Waals surface area (Å²) in [7, 11) is 0. The van der Waals surface area contributed by atoms with Crippen LogP contribution in [0.3, 0.4) is 0 Å². The summed E-state index contributed by atoms with van der Waals surface area (Å²) in [4.78, 5) is 0. The van der Waals surface area contributed by atoms with Crippen LogP contribution in [-0.4, -0.2) is 5.11 Å². The van der Waals surface area contributed by atoms with Gasteiger partial charge in [-0.25, -0.2) is 0 Å². The summed E-state index contributed by atoms with van der Waals surface area (Å²) in [6.07, 6.45) is 0. The van der Waals surface area contributed by atoms with E-state index in [0.717, 1.165) is 16.7 Å². The van der Waals surface area contributed by atoms with Gasteiger partial charge in [0.25, 0.3) is 0 Å². The third-order valence-electron chi connectivity index (χ3n) is 3.22. The highest BCUT2D eigenvalue weighted by Crippen LogP contribution is 2.31. The number of nitriles is 1. The van der Waals surface area contributed by atoms with E-state index >= 15 is 0 Å². The van der Waals surface area contributed by atoms with Gasteiger partial charge in [-0.05, 0) is 42.7 Å². The highest BCUT2D eigenvalue weighted by molar-refractivity contribution is 5.43. The molecule has 0 aliphatic rings. The number of rotatable bonds is 2. The Balaban J connectivity index is 2.55. The van der Waals surface area contributed by atoms with Crippen molar-refractivity contribution >= 4 is 0 Å². The predicted molar refractivity (Wildman–Crippen MR) is 71.0 cm³/mol. The summed E-state index contributed by atoms with van der Waals surface area (Å²) in [5.41, 5.74) is 2.10. The second-order valence-corrected chi connectivity index (χ2v) is 4.58. The maximum atomic E-state index is 10.7. The van der Waals surface area contributed by atoms with Crippen LogP contribution in [-0.2, 0) is 5.60 Å². The van der Waals surface area contributed by atoms with Gasteiger partial charge in [0, 0.05) is 0 Å². The Kier molecular flexibility index (Phi) is 3.18. The van der Waals surface area contributed by atoms with Crippen molar-refractivity contribution in [3.63, 3.8) is 0 Å². The summed E-state index contributed by atoms with van der Waals surface area (Å²) >= 11 is 0. The number of hydrogen-bond acceptors (Lipinski definition) is 2. The Hall–Kier alpha value is -2.11. The van der Waals surface area contributed by atoms with E-state index in [1.54, 1.807) is 25.1 Å². The minimum absolute atomic E-state index is 0.557. The molecule has 0 fully saturated rings. The van der Waals surface area contributed by atoms with Crippen LogP contribution in [0.4, 0.5) is 0 Å². The van der Waals surface area contributed by atoms with Gasteiger partial charge in [-0.1, -0.05) is 36.4 Å². The molecule has 2 heteroatoms. The van der Waals surface area contributed by atoms with E-state index in [1.165, 1.54) is 0 Å². The van der Waals surface area contributed by atoms with Gasteiger partial charge in [-0.15, -0.1) is 0 Å². The average molecular weight is 237 g/mol. The third-order valence-corrected chi connectivity index (χ3v) is 3.22. The minimum atomic E-state index is -1.09. The van der Waals surface area contributed by atoms with Gasteiger partial charge < -0.3 is 5.11 Å². The van der Waals surface area contributed by atoms with Crippen LogP contribution < -0.4 is 0 Å². The first-order valence-electron chi connectivity index (χ1n) is 5.85. The molecular weight excluding hydrogens is 222 g/mol. The molecule has 2 rings (SSSR count). The van der Waals surface area contributed by atoms with Gasteiger partial charge in [0.15, 0.2) is 0 Å². The zero-order chi connectivity index (χ0) is 13.2. The van der Waals surface area contributed by atoms with Gasteiger partial charge in [0.1, 0.15) is 5.60 Å². The van der Waals surface area contributed by atoms with Crippen LogP contribution in [0.25, 0.3) is 0 Å². The molecule has 2 aromatic rings. The Morgan fingerprint density at radius 1 is 1.11 bits per heavy atom. The quantitative estimate of drug-likeness (QED) is 0.872. The first kappa shape index (κ1) is 12.3. The van der Waals surface area contributed by atoms with Gasteiger partial charge in [0.2, 0.25) is 0 Å². The molecule has 0 spiro atoms. The van der Waals surface area contributed by atoms with E-state index in [1.807, 2.05) is 37.3 Å². The number of benzene rings is 2. The van der Waals surface area contributed by atoms with Crippen molar-refractivity contribution in [2.24, 2.45) is 0 Å². The second-order valence-electron chi connectivity index (χ2n) is 4.58. The van der Waals surface area contributed by atoms with E-state index in [4.69, 9.17) is 5.26 Å². The third kappa shape index (κ3) is 2.13. The van der Waals surface area contributed by atoms with Crippen LogP contribution in [0.5, 0.6) is 0 Å². The van der Waals surface area contributed by atoms with Crippen LogP contribution >= 0.6 is 0 Å². The average Bonchev–Trinajstić information content (AvgIpc) is 2.39. The molecule has 1 N–H and O–H groups in total. The smallest absolute Gasteiger partial charge is 0.112 e. The van der Waals surface area contributed by atoms with Crippen molar-refractivity contribution in [1.82, 2.24) is 0 Å². The molecule has 1 unspecified atom stereocenters. The lowest BCUT2D eigenvalue weighted by Gasteiger charge is -2.26. The molecule has 0 bridgehead atoms. The molecule has 90 valence electrons. The van der Waals surface area contributed by atoms with E-state index in [2.05, 4.69) is 6.07 Å². The van der Waals surface area contributed by atoms with Crippen molar-refractivity contribution in [3.8, 4) is 6.07 Å². The minimum Gasteiger partial charge on any atom is -0.381 e. The number of nitrogens with zero attached hydrogens (tertiary/aromatic N) is 1. The summed E-state index contributed by atoms with van der Waals surface area (Å²) in [6, 6.07) is 16.9. The molecule has 1 atom stereocenters. The Bertz CT molecular complexity index is 608. The van der Waals surface area contributed by atoms with E-state index in [-0.39, 0.29) is 0 Å². The van der Waals surface area contributed by atoms with Gasteiger partial charge in [0.05, 0.1) is 11.6 Å². The van der Waals surface area contributed by atoms with E-state index < -0.39 is 5.60 Å². The van der Waals surface area contributed by atoms with Gasteiger partial charge in [-0.3, -0.25) is 0 Å². The molecule has 0 amide bonds. The zero-order valence-corrected chi connectivity index (χ0v) is 10.5. The lowest BCUT2D eigenvalue weighted by molar-refractivity contribution is 0.101. The molecule has 0 aromatic heterocycles. The van der Waals surface area contributed by atoms with Crippen molar-refractivity contribution in [1.29, 1.82) is 5.26 Å². The molecule has 2 nitrogen and oxygen atoms in total. The summed E-state index contributed by atoms with van der Waals surface area (Å²) < 4.78 is 0. The van der Waals surface area contributed by atoms with E-state index in [9.17, 15) is 5.11 Å². The molecular formula is C16H15NO. The highest BCUT2D eigenvalue weighted by atomic mass is 16.3. The molecule has 0 saturated carbocycles. The van der Waals surface area contributed by atoms with Crippen molar-refractivity contribution in [2.75, 3.05) is 0 Å². The maximum Gasteiger partial charge on any atom is 0.112 e. The normalized spacial score (nSPS) is 13.7. The molecule has 0 aliphatic heterocycles. The fourth-order valence-corrected chi connectivity index (χ4v) is 2.17. The first-order valence-corrected chi connectivity index (χ1v) is 5.85. The Labute approximate surface area is 107 Å². The molecule has 18 heavy (non-hydrogen) atoms. The first-order chi connectivity index (χ1) is 8.55.